The highest BCUT2D eigenvalue weighted by atomic mass is 19.1. The van der Waals surface area contributed by atoms with Gasteiger partial charge in [0.25, 0.3) is 0 Å². The van der Waals surface area contributed by atoms with Crippen molar-refractivity contribution in [3.05, 3.63) is 29.6 Å². The first kappa shape index (κ1) is 16.5. The van der Waals surface area contributed by atoms with Gasteiger partial charge in [-0.1, -0.05) is 39.0 Å². The van der Waals surface area contributed by atoms with E-state index < -0.39 is 11.8 Å². The number of carboxylic acids is 1. The van der Waals surface area contributed by atoms with Crippen LogP contribution in [0.3, 0.4) is 0 Å². The van der Waals surface area contributed by atoms with Crippen molar-refractivity contribution in [2.45, 2.75) is 58.4 Å². The molecular weight excluding hydrogens is 257 g/mol. The Morgan fingerprint density at radius 1 is 1.30 bits per heavy atom. The molecule has 3 nitrogen and oxygen atoms in total. The van der Waals surface area contributed by atoms with Crippen LogP contribution in [0.25, 0.3) is 0 Å². The minimum absolute atomic E-state index is 0.253. The van der Waals surface area contributed by atoms with E-state index in [9.17, 15) is 9.18 Å². The fourth-order valence-corrected chi connectivity index (χ4v) is 2.19. The van der Waals surface area contributed by atoms with Gasteiger partial charge in [-0.3, -0.25) is 0 Å². The van der Waals surface area contributed by atoms with Gasteiger partial charge in [0.1, 0.15) is 5.82 Å². The molecule has 0 spiro atoms. The van der Waals surface area contributed by atoms with Crippen LogP contribution in [0.1, 0.15) is 62.7 Å². The summed E-state index contributed by atoms with van der Waals surface area (Å²) in [5, 5.41) is 12.1. The zero-order valence-electron chi connectivity index (χ0n) is 12.3. The maximum Gasteiger partial charge on any atom is 0.338 e. The van der Waals surface area contributed by atoms with Gasteiger partial charge in [-0.15, -0.1) is 0 Å². The Morgan fingerprint density at radius 3 is 2.65 bits per heavy atom. The molecule has 20 heavy (non-hydrogen) atoms. The second-order valence-electron chi connectivity index (χ2n) is 5.25. The Kier molecular flexibility index (Phi) is 7.05. The SMILES string of the molecule is CCCCCCCC(C)Nc1ccc(F)c(C(=O)O)c1. The molecule has 112 valence electrons. The molecule has 0 radical (unpaired) electrons. The van der Waals surface area contributed by atoms with Gasteiger partial charge >= 0.3 is 5.97 Å². The van der Waals surface area contributed by atoms with Crippen molar-refractivity contribution < 1.29 is 14.3 Å². The molecule has 0 saturated heterocycles. The van der Waals surface area contributed by atoms with E-state index in [2.05, 4.69) is 19.2 Å². The van der Waals surface area contributed by atoms with Gasteiger partial charge < -0.3 is 10.4 Å². The fourth-order valence-electron chi connectivity index (χ4n) is 2.19. The summed E-state index contributed by atoms with van der Waals surface area (Å²) < 4.78 is 13.3. The molecule has 0 aliphatic rings. The molecule has 1 rings (SSSR count). The molecule has 1 aromatic carbocycles. The monoisotopic (exact) mass is 281 g/mol. The summed E-state index contributed by atoms with van der Waals surface area (Å²) in [7, 11) is 0. The van der Waals surface area contributed by atoms with E-state index in [1.54, 1.807) is 6.07 Å². The quantitative estimate of drug-likeness (QED) is 0.646. The van der Waals surface area contributed by atoms with Crippen LogP contribution in [0, 0.1) is 5.82 Å². The molecule has 0 amide bonds. The number of rotatable bonds is 9. The van der Waals surface area contributed by atoms with Crippen molar-refractivity contribution in [3.8, 4) is 0 Å². The third-order valence-electron chi connectivity index (χ3n) is 3.35. The third kappa shape index (κ3) is 5.59. The van der Waals surface area contributed by atoms with Crippen LogP contribution >= 0.6 is 0 Å². The molecule has 0 fully saturated rings. The Balaban J connectivity index is 2.43. The second-order valence-corrected chi connectivity index (χ2v) is 5.25. The van der Waals surface area contributed by atoms with Crippen molar-refractivity contribution in [2.75, 3.05) is 5.32 Å². The van der Waals surface area contributed by atoms with Crippen molar-refractivity contribution in [2.24, 2.45) is 0 Å². The lowest BCUT2D eigenvalue weighted by atomic mass is 10.1. The molecule has 0 heterocycles. The number of hydrogen-bond acceptors (Lipinski definition) is 2. The van der Waals surface area contributed by atoms with Crippen LogP contribution in [-0.4, -0.2) is 17.1 Å². The lowest BCUT2D eigenvalue weighted by molar-refractivity contribution is 0.0692. The predicted octanol–water partition coefficient (Wildman–Crippen LogP) is 4.68. The average molecular weight is 281 g/mol. The highest BCUT2D eigenvalue weighted by Crippen LogP contribution is 2.17. The minimum Gasteiger partial charge on any atom is -0.478 e. The summed E-state index contributed by atoms with van der Waals surface area (Å²) in [6, 6.07) is 4.38. The topological polar surface area (TPSA) is 49.3 Å². The Bertz CT molecular complexity index is 434. The van der Waals surface area contributed by atoms with Gasteiger partial charge in [-0.05, 0) is 31.5 Å². The molecule has 0 bridgehead atoms. The first-order chi connectivity index (χ1) is 9.54. The largest absolute Gasteiger partial charge is 0.478 e. The van der Waals surface area contributed by atoms with Gasteiger partial charge in [-0.2, -0.15) is 0 Å². The number of aromatic carboxylic acids is 1. The van der Waals surface area contributed by atoms with Gasteiger partial charge in [0.05, 0.1) is 5.56 Å². The lowest BCUT2D eigenvalue weighted by Gasteiger charge is -2.15. The third-order valence-corrected chi connectivity index (χ3v) is 3.35. The van der Waals surface area contributed by atoms with Crippen LogP contribution in [0.2, 0.25) is 0 Å². The van der Waals surface area contributed by atoms with Gasteiger partial charge in [0.15, 0.2) is 0 Å². The molecule has 4 heteroatoms. The van der Waals surface area contributed by atoms with Crippen LogP contribution in [0.4, 0.5) is 10.1 Å². The molecular formula is C16H24FNO2. The van der Waals surface area contributed by atoms with Crippen LogP contribution in [0.5, 0.6) is 0 Å². The average Bonchev–Trinajstić information content (AvgIpc) is 2.40. The number of benzene rings is 1. The van der Waals surface area contributed by atoms with Crippen molar-refractivity contribution in [1.29, 1.82) is 0 Å². The summed E-state index contributed by atoms with van der Waals surface area (Å²) in [6.45, 7) is 4.25. The zero-order valence-corrected chi connectivity index (χ0v) is 12.3. The van der Waals surface area contributed by atoms with Crippen molar-refractivity contribution in [1.82, 2.24) is 0 Å². The van der Waals surface area contributed by atoms with Gasteiger partial charge in [0.2, 0.25) is 0 Å². The van der Waals surface area contributed by atoms with E-state index in [4.69, 9.17) is 5.11 Å². The summed E-state index contributed by atoms with van der Waals surface area (Å²) in [5.41, 5.74) is 0.370. The molecule has 0 aliphatic heterocycles. The van der Waals surface area contributed by atoms with Crippen molar-refractivity contribution in [3.63, 3.8) is 0 Å². The zero-order chi connectivity index (χ0) is 15.0. The summed E-state index contributed by atoms with van der Waals surface area (Å²) >= 11 is 0. The molecule has 1 atom stereocenters. The number of unbranched alkanes of at least 4 members (excludes halogenated alkanes) is 4. The maximum atomic E-state index is 13.3. The number of halogens is 1. The molecule has 2 N–H and O–H groups in total. The molecule has 1 unspecified atom stereocenters. The normalized spacial score (nSPS) is 12.2. The standard InChI is InChI=1S/C16H24FNO2/c1-3-4-5-6-7-8-12(2)18-13-9-10-15(17)14(11-13)16(19)20/h9-12,18H,3-8H2,1-2H3,(H,19,20). The lowest BCUT2D eigenvalue weighted by Crippen LogP contribution is -2.15. The summed E-state index contributed by atoms with van der Waals surface area (Å²) in [4.78, 5) is 10.9. The second kappa shape index (κ2) is 8.56. The highest BCUT2D eigenvalue weighted by molar-refractivity contribution is 5.89. The fraction of sp³-hybridized carbons (Fsp3) is 0.562. The Morgan fingerprint density at radius 2 is 2.00 bits per heavy atom. The van der Waals surface area contributed by atoms with Gasteiger partial charge in [-0.25, -0.2) is 9.18 Å². The Labute approximate surface area is 120 Å². The van der Waals surface area contributed by atoms with E-state index in [-0.39, 0.29) is 11.6 Å². The van der Waals surface area contributed by atoms with E-state index >= 15 is 0 Å². The first-order valence-electron chi connectivity index (χ1n) is 7.34. The minimum atomic E-state index is -1.24. The molecule has 0 aliphatic carbocycles. The summed E-state index contributed by atoms with van der Waals surface area (Å²) in [6.07, 6.45) is 7.19. The molecule has 0 saturated carbocycles. The number of carboxylic acid groups (broad SMARTS) is 1. The van der Waals surface area contributed by atoms with E-state index in [0.29, 0.717) is 5.69 Å². The Hall–Kier alpha value is -1.58. The maximum absolute atomic E-state index is 13.3. The van der Waals surface area contributed by atoms with Crippen LogP contribution in [0.15, 0.2) is 18.2 Å². The smallest absolute Gasteiger partial charge is 0.338 e. The number of anilines is 1. The van der Waals surface area contributed by atoms with E-state index in [1.807, 2.05) is 0 Å². The summed E-state index contributed by atoms with van der Waals surface area (Å²) in [5.74, 6) is -1.94. The van der Waals surface area contributed by atoms with E-state index in [1.165, 1.54) is 37.8 Å². The first-order valence-corrected chi connectivity index (χ1v) is 7.34. The number of carbonyl (C=O) groups is 1. The van der Waals surface area contributed by atoms with E-state index in [0.717, 1.165) is 12.8 Å². The number of hydrogen-bond donors (Lipinski definition) is 2. The van der Waals surface area contributed by atoms with Crippen LogP contribution in [-0.2, 0) is 0 Å². The number of nitrogens with one attached hydrogen (secondary N) is 1. The molecule has 1 aromatic rings. The van der Waals surface area contributed by atoms with Gasteiger partial charge in [0, 0.05) is 11.7 Å². The molecule has 0 aromatic heterocycles. The van der Waals surface area contributed by atoms with Crippen molar-refractivity contribution >= 4 is 11.7 Å². The highest BCUT2D eigenvalue weighted by Gasteiger charge is 2.11. The van der Waals surface area contributed by atoms with Crippen LogP contribution < -0.4 is 5.32 Å². The predicted molar refractivity (Wildman–Crippen MR) is 79.8 cm³/mol.